The highest BCUT2D eigenvalue weighted by Crippen LogP contribution is 2.25. The first-order chi connectivity index (χ1) is 11.3. The van der Waals surface area contributed by atoms with Crippen molar-refractivity contribution < 1.29 is 17.6 Å². The van der Waals surface area contributed by atoms with Crippen molar-refractivity contribution in [2.45, 2.75) is 24.8 Å². The van der Waals surface area contributed by atoms with E-state index in [0.717, 1.165) is 10.4 Å². The third kappa shape index (κ3) is 4.11. The van der Waals surface area contributed by atoms with Gasteiger partial charge in [-0.15, -0.1) is 0 Å². The van der Waals surface area contributed by atoms with Gasteiger partial charge in [0.25, 0.3) is 10.0 Å². The Kier molecular flexibility index (Phi) is 5.56. The zero-order chi connectivity index (χ0) is 17.7. The van der Waals surface area contributed by atoms with Gasteiger partial charge in [0.1, 0.15) is 12.4 Å². The number of rotatable bonds is 6. The molecule has 0 spiro atoms. The lowest BCUT2D eigenvalue weighted by Gasteiger charge is -2.24. The number of anilines is 1. The molecule has 7 heteroatoms. The second kappa shape index (κ2) is 7.44. The van der Waals surface area contributed by atoms with Crippen molar-refractivity contribution in [2.75, 3.05) is 10.8 Å². The van der Waals surface area contributed by atoms with Crippen molar-refractivity contribution in [3.8, 4) is 0 Å². The van der Waals surface area contributed by atoms with Crippen LogP contribution in [0, 0.1) is 5.82 Å². The highest BCUT2D eigenvalue weighted by atomic mass is 32.2. The first-order valence-electron chi connectivity index (χ1n) is 7.44. The van der Waals surface area contributed by atoms with E-state index >= 15 is 0 Å². The lowest BCUT2D eigenvalue weighted by molar-refractivity contribution is -0.120. The summed E-state index contributed by atoms with van der Waals surface area (Å²) in [6, 6.07) is 12.9. The number of para-hydroxylation sites is 1. The number of nitrogens with zero attached hydrogens (tertiary/aromatic N) is 1. The largest absolute Gasteiger partial charge is 0.352 e. The Labute approximate surface area is 141 Å². The maximum absolute atomic E-state index is 14.2. The highest BCUT2D eigenvalue weighted by Gasteiger charge is 2.29. The second-order valence-corrected chi connectivity index (χ2v) is 7.36. The Balaban J connectivity index is 2.47. The minimum atomic E-state index is -4.07. The minimum absolute atomic E-state index is 0.00870. The van der Waals surface area contributed by atoms with E-state index in [1.165, 1.54) is 30.3 Å². The zero-order valence-electron chi connectivity index (χ0n) is 13.4. The molecule has 2 aromatic rings. The first-order valence-corrected chi connectivity index (χ1v) is 8.88. The van der Waals surface area contributed by atoms with Gasteiger partial charge < -0.3 is 5.32 Å². The third-order valence-electron chi connectivity index (χ3n) is 3.19. The van der Waals surface area contributed by atoms with Gasteiger partial charge in [-0.05, 0) is 38.1 Å². The highest BCUT2D eigenvalue weighted by molar-refractivity contribution is 7.92. The molecule has 1 amide bonds. The number of halogens is 1. The van der Waals surface area contributed by atoms with Crippen molar-refractivity contribution in [3.63, 3.8) is 0 Å². The fourth-order valence-electron chi connectivity index (χ4n) is 2.17. The summed E-state index contributed by atoms with van der Waals surface area (Å²) in [6.07, 6.45) is 0. The van der Waals surface area contributed by atoms with Gasteiger partial charge in [0.15, 0.2) is 0 Å². The van der Waals surface area contributed by atoms with Crippen LogP contribution in [0.2, 0.25) is 0 Å². The Morgan fingerprint density at radius 2 is 1.67 bits per heavy atom. The van der Waals surface area contributed by atoms with Crippen molar-refractivity contribution in [1.82, 2.24) is 5.32 Å². The number of benzene rings is 2. The summed E-state index contributed by atoms with van der Waals surface area (Å²) in [6.45, 7) is 3.02. The Morgan fingerprint density at radius 1 is 1.08 bits per heavy atom. The Hall–Kier alpha value is -2.41. The molecule has 5 nitrogen and oxygen atoms in total. The molecule has 24 heavy (non-hydrogen) atoms. The van der Waals surface area contributed by atoms with Gasteiger partial charge in [0.05, 0.1) is 10.6 Å². The quantitative estimate of drug-likeness (QED) is 0.871. The summed E-state index contributed by atoms with van der Waals surface area (Å²) in [5.41, 5.74) is -0.166. The number of amides is 1. The fourth-order valence-corrected chi connectivity index (χ4v) is 3.62. The first kappa shape index (κ1) is 17.9. The average molecular weight is 350 g/mol. The van der Waals surface area contributed by atoms with E-state index in [1.54, 1.807) is 32.0 Å². The van der Waals surface area contributed by atoms with E-state index in [0.29, 0.717) is 0 Å². The number of carbonyl (C=O) groups excluding carboxylic acids is 1. The molecule has 0 fully saturated rings. The van der Waals surface area contributed by atoms with E-state index in [2.05, 4.69) is 5.32 Å². The molecule has 128 valence electrons. The molecule has 0 saturated carbocycles. The second-order valence-electron chi connectivity index (χ2n) is 5.50. The van der Waals surface area contributed by atoms with Gasteiger partial charge in [0.2, 0.25) is 5.91 Å². The van der Waals surface area contributed by atoms with Crippen molar-refractivity contribution in [1.29, 1.82) is 0 Å². The van der Waals surface area contributed by atoms with Gasteiger partial charge in [-0.25, -0.2) is 12.8 Å². The predicted octanol–water partition coefficient (Wildman–Crippen LogP) is 2.55. The lowest BCUT2D eigenvalue weighted by atomic mass is 10.3. The topological polar surface area (TPSA) is 66.5 Å². The molecular weight excluding hydrogens is 331 g/mol. The van der Waals surface area contributed by atoms with Crippen molar-refractivity contribution in [3.05, 3.63) is 60.4 Å². The van der Waals surface area contributed by atoms with Crippen molar-refractivity contribution >= 4 is 21.6 Å². The van der Waals surface area contributed by atoms with Crippen LogP contribution in [-0.2, 0) is 14.8 Å². The molecule has 0 aliphatic heterocycles. The number of hydrogen-bond donors (Lipinski definition) is 1. The number of nitrogens with one attached hydrogen (secondary N) is 1. The summed E-state index contributed by atoms with van der Waals surface area (Å²) < 4.78 is 40.7. The van der Waals surface area contributed by atoms with E-state index < -0.39 is 28.3 Å². The maximum atomic E-state index is 14.2. The summed E-state index contributed by atoms with van der Waals surface area (Å²) in [7, 11) is -4.07. The van der Waals surface area contributed by atoms with Gasteiger partial charge in [-0.1, -0.05) is 30.3 Å². The zero-order valence-corrected chi connectivity index (χ0v) is 14.3. The number of carbonyl (C=O) groups is 1. The maximum Gasteiger partial charge on any atom is 0.264 e. The normalized spacial score (nSPS) is 11.3. The summed E-state index contributed by atoms with van der Waals surface area (Å²) in [5.74, 6) is -1.22. The Morgan fingerprint density at radius 3 is 2.25 bits per heavy atom. The molecule has 0 saturated heterocycles. The van der Waals surface area contributed by atoms with Crippen LogP contribution in [-0.4, -0.2) is 26.9 Å². The summed E-state index contributed by atoms with van der Waals surface area (Å²) >= 11 is 0. The van der Waals surface area contributed by atoms with Gasteiger partial charge >= 0.3 is 0 Å². The van der Waals surface area contributed by atoms with Crippen LogP contribution in [0.5, 0.6) is 0 Å². The van der Waals surface area contributed by atoms with Gasteiger partial charge in [0, 0.05) is 6.04 Å². The van der Waals surface area contributed by atoms with Crippen LogP contribution in [0.15, 0.2) is 59.5 Å². The number of sulfonamides is 1. The molecular formula is C17H19FN2O3S. The van der Waals surface area contributed by atoms with Crippen LogP contribution in [0.25, 0.3) is 0 Å². The molecule has 0 radical (unpaired) electrons. The molecule has 0 heterocycles. The van der Waals surface area contributed by atoms with E-state index in [1.807, 2.05) is 0 Å². The molecule has 1 N–H and O–H groups in total. The minimum Gasteiger partial charge on any atom is -0.352 e. The fraction of sp³-hybridized carbons (Fsp3) is 0.235. The molecule has 2 aromatic carbocycles. The Bertz CT molecular complexity index is 808. The van der Waals surface area contributed by atoms with Crippen LogP contribution in [0.4, 0.5) is 10.1 Å². The molecule has 2 rings (SSSR count). The monoisotopic (exact) mass is 350 g/mol. The molecule has 0 aliphatic rings. The lowest BCUT2D eigenvalue weighted by Crippen LogP contribution is -2.43. The smallest absolute Gasteiger partial charge is 0.264 e. The third-order valence-corrected chi connectivity index (χ3v) is 4.96. The molecule has 0 atom stereocenters. The van der Waals surface area contributed by atoms with Crippen molar-refractivity contribution in [2.24, 2.45) is 0 Å². The standard InChI is InChI=1S/C17H19FN2O3S/c1-13(2)19-17(21)12-20(16-11-7-6-10-15(16)18)24(22,23)14-8-4-3-5-9-14/h3-11,13H,12H2,1-2H3,(H,19,21). The van der Waals surface area contributed by atoms with Crippen LogP contribution < -0.4 is 9.62 Å². The average Bonchev–Trinajstić information content (AvgIpc) is 2.53. The van der Waals surface area contributed by atoms with E-state index in [9.17, 15) is 17.6 Å². The van der Waals surface area contributed by atoms with Gasteiger partial charge in [-0.2, -0.15) is 0 Å². The van der Waals surface area contributed by atoms with Gasteiger partial charge in [-0.3, -0.25) is 9.10 Å². The molecule has 0 bridgehead atoms. The number of hydrogen-bond acceptors (Lipinski definition) is 3. The molecule has 0 unspecified atom stereocenters. The van der Waals surface area contributed by atoms with Crippen LogP contribution in [0.3, 0.4) is 0 Å². The summed E-state index contributed by atoms with van der Waals surface area (Å²) in [4.78, 5) is 12.1. The van der Waals surface area contributed by atoms with E-state index in [-0.39, 0.29) is 16.6 Å². The molecule has 0 aliphatic carbocycles. The van der Waals surface area contributed by atoms with Crippen LogP contribution in [0.1, 0.15) is 13.8 Å². The summed E-state index contributed by atoms with van der Waals surface area (Å²) in [5, 5.41) is 2.62. The SMILES string of the molecule is CC(C)NC(=O)CN(c1ccccc1F)S(=O)(=O)c1ccccc1. The van der Waals surface area contributed by atoms with E-state index in [4.69, 9.17) is 0 Å². The molecule has 0 aromatic heterocycles. The van der Waals surface area contributed by atoms with Crippen LogP contribution >= 0.6 is 0 Å². The predicted molar refractivity (Wildman–Crippen MR) is 90.7 cm³/mol.